The normalized spacial score (nSPS) is 10.9. The first kappa shape index (κ1) is 14.6. The fourth-order valence-corrected chi connectivity index (χ4v) is 1.98. The lowest BCUT2D eigenvalue weighted by atomic mass is 10.4. The van der Waals surface area contributed by atoms with Crippen LogP contribution >= 0.6 is 11.8 Å². The van der Waals surface area contributed by atoms with Gasteiger partial charge in [0.2, 0.25) is 0 Å². The Balaban J connectivity index is 2.56. The molecule has 0 spiro atoms. The maximum Gasteiger partial charge on any atom is 0.301 e. The topological polar surface area (TPSA) is 39.4 Å². The van der Waals surface area contributed by atoms with Crippen molar-refractivity contribution in [1.82, 2.24) is 9.55 Å². The van der Waals surface area contributed by atoms with E-state index in [-0.39, 0.29) is 12.2 Å². The third kappa shape index (κ3) is 4.10. The van der Waals surface area contributed by atoms with Crippen molar-refractivity contribution in [3.05, 3.63) is 23.8 Å². The average Bonchev–Trinajstić information content (AvgIpc) is 2.68. The zero-order chi connectivity index (χ0) is 13.5. The first-order chi connectivity index (χ1) is 8.56. The van der Waals surface area contributed by atoms with Crippen molar-refractivity contribution >= 4 is 18.0 Å². The van der Waals surface area contributed by atoms with Crippen LogP contribution in [-0.4, -0.2) is 28.6 Å². The number of imidazole rings is 1. The number of aromatic nitrogens is 2. The number of oxime groups is 1. The molecule has 0 fully saturated rings. The molecule has 0 N–H and O–H groups in total. The maximum atomic E-state index is 12.6. The molecule has 18 heavy (non-hydrogen) atoms. The molecule has 1 heterocycles. The highest BCUT2D eigenvalue weighted by molar-refractivity contribution is 7.99. The van der Waals surface area contributed by atoms with E-state index in [1.807, 2.05) is 0 Å². The van der Waals surface area contributed by atoms with Gasteiger partial charge in [0, 0.05) is 19.2 Å². The molecule has 100 valence electrons. The number of halogens is 3. The summed E-state index contributed by atoms with van der Waals surface area (Å²) in [4.78, 5) is 8.59. The molecule has 0 aliphatic rings. The summed E-state index contributed by atoms with van der Waals surface area (Å²) in [6.45, 7) is 0. The Labute approximate surface area is 107 Å². The van der Waals surface area contributed by atoms with Crippen molar-refractivity contribution in [1.29, 1.82) is 0 Å². The second-order valence-electron chi connectivity index (χ2n) is 3.21. The van der Waals surface area contributed by atoms with E-state index in [9.17, 15) is 13.2 Å². The highest BCUT2D eigenvalue weighted by Crippen LogP contribution is 2.21. The van der Waals surface area contributed by atoms with Crippen LogP contribution in [0.5, 0.6) is 0 Å². The van der Waals surface area contributed by atoms with Crippen LogP contribution in [-0.2, 0) is 11.9 Å². The highest BCUT2D eigenvalue weighted by Gasteiger charge is 2.08. The van der Waals surface area contributed by atoms with Crippen molar-refractivity contribution < 1.29 is 18.0 Å². The second kappa shape index (κ2) is 7.10. The molecule has 0 aliphatic carbocycles. The van der Waals surface area contributed by atoms with Crippen molar-refractivity contribution in [2.45, 2.75) is 11.6 Å². The first-order valence-corrected chi connectivity index (χ1v) is 5.95. The molecule has 0 bridgehead atoms. The molecule has 0 atom stereocenters. The summed E-state index contributed by atoms with van der Waals surface area (Å²) >= 11 is 1.19. The Hall–Kier alpha value is -1.44. The number of hydrogen-bond acceptors (Lipinski definition) is 4. The van der Waals surface area contributed by atoms with Crippen molar-refractivity contribution in [3.8, 4) is 0 Å². The molecule has 0 radical (unpaired) electrons. The maximum absolute atomic E-state index is 12.6. The van der Waals surface area contributed by atoms with Gasteiger partial charge in [0.15, 0.2) is 11.0 Å². The molecular formula is C10H12F3N3OS. The van der Waals surface area contributed by atoms with Crippen LogP contribution in [0, 0.1) is 0 Å². The van der Waals surface area contributed by atoms with Crippen molar-refractivity contribution in [3.63, 3.8) is 0 Å². The number of thioether (sulfide) groups is 1. The molecule has 0 aliphatic heterocycles. The Morgan fingerprint density at radius 3 is 2.89 bits per heavy atom. The van der Waals surface area contributed by atoms with Crippen LogP contribution in [0.3, 0.4) is 0 Å². The summed E-state index contributed by atoms with van der Waals surface area (Å²) in [5.41, 5.74) is 0.701. The highest BCUT2D eigenvalue weighted by atomic mass is 32.2. The first-order valence-electron chi connectivity index (χ1n) is 4.97. The van der Waals surface area contributed by atoms with Crippen LogP contribution in [0.4, 0.5) is 13.2 Å². The van der Waals surface area contributed by atoms with Crippen LogP contribution in [0.2, 0.25) is 0 Å². The minimum atomic E-state index is -2.26. The van der Waals surface area contributed by atoms with Gasteiger partial charge in [-0.2, -0.15) is 8.78 Å². The number of nitrogens with zero attached hydrogens (tertiary/aromatic N) is 3. The average molecular weight is 279 g/mol. The van der Waals surface area contributed by atoms with E-state index < -0.39 is 11.9 Å². The largest absolute Gasteiger partial charge is 0.399 e. The zero-order valence-electron chi connectivity index (χ0n) is 9.86. The molecule has 4 nitrogen and oxygen atoms in total. The van der Waals surface area contributed by atoms with Gasteiger partial charge < -0.3 is 9.40 Å². The third-order valence-corrected chi connectivity index (χ3v) is 3.08. The minimum Gasteiger partial charge on any atom is -0.399 e. The van der Waals surface area contributed by atoms with Gasteiger partial charge in [-0.3, -0.25) is 0 Å². The molecule has 0 saturated heterocycles. The van der Waals surface area contributed by atoms with Crippen LogP contribution in [0.1, 0.15) is 12.1 Å². The molecule has 0 amide bonds. The molecular weight excluding hydrogens is 267 g/mol. The SMILES string of the molecule is CON=Cc1cnc(SCCC(F)=C(F)F)n1C. The number of hydrogen-bond donors (Lipinski definition) is 0. The van der Waals surface area contributed by atoms with Crippen molar-refractivity contribution in [2.75, 3.05) is 12.9 Å². The van der Waals surface area contributed by atoms with Gasteiger partial charge in [0.05, 0.1) is 18.1 Å². The number of allylic oxidation sites excluding steroid dienone is 1. The minimum absolute atomic E-state index is 0.189. The van der Waals surface area contributed by atoms with E-state index in [1.165, 1.54) is 25.1 Å². The van der Waals surface area contributed by atoms with Gasteiger partial charge in [-0.05, 0) is 0 Å². The van der Waals surface area contributed by atoms with Gasteiger partial charge >= 0.3 is 6.08 Å². The molecule has 0 saturated carbocycles. The Kier molecular flexibility index (Phi) is 5.76. The van der Waals surface area contributed by atoms with Crippen LogP contribution in [0.15, 0.2) is 28.4 Å². The predicted octanol–water partition coefficient (Wildman–Crippen LogP) is 2.96. The Morgan fingerprint density at radius 1 is 1.56 bits per heavy atom. The van der Waals surface area contributed by atoms with Crippen LogP contribution < -0.4 is 0 Å². The molecule has 8 heteroatoms. The van der Waals surface area contributed by atoms with Gasteiger partial charge in [0.1, 0.15) is 7.11 Å². The van der Waals surface area contributed by atoms with Gasteiger partial charge in [-0.25, -0.2) is 9.37 Å². The smallest absolute Gasteiger partial charge is 0.301 e. The lowest BCUT2D eigenvalue weighted by Crippen LogP contribution is -1.97. The fraction of sp³-hybridized carbons (Fsp3) is 0.400. The second-order valence-corrected chi connectivity index (χ2v) is 4.27. The quantitative estimate of drug-likeness (QED) is 0.456. The summed E-state index contributed by atoms with van der Waals surface area (Å²) in [6.07, 6.45) is 0.454. The van der Waals surface area contributed by atoms with E-state index in [4.69, 9.17) is 0 Å². The lowest BCUT2D eigenvalue weighted by Gasteiger charge is -2.02. The third-order valence-electron chi connectivity index (χ3n) is 2.03. The monoisotopic (exact) mass is 279 g/mol. The van der Waals surface area contributed by atoms with Crippen molar-refractivity contribution in [2.24, 2.45) is 12.2 Å². The molecule has 1 aromatic rings. The van der Waals surface area contributed by atoms with Gasteiger partial charge in [-0.1, -0.05) is 16.9 Å². The standard InChI is InChI=1S/C10H12F3N3OS/c1-16-7(6-15-17-2)5-14-10(16)18-4-3-8(11)9(12)13/h5-6H,3-4H2,1-2H3. The Morgan fingerprint density at radius 2 is 2.28 bits per heavy atom. The summed E-state index contributed by atoms with van der Waals surface area (Å²) in [5.74, 6) is -1.19. The van der Waals surface area contributed by atoms with Gasteiger partial charge in [-0.15, -0.1) is 0 Å². The molecule has 0 unspecified atom stereocenters. The lowest BCUT2D eigenvalue weighted by molar-refractivity contribution is 0.215. The number of rotatable bonds is 6. The zero-order valence-corrected chi connectivity index (χ0v) is 10.7. The summed E-state index contributed by atoms with van der Waals surface area (Å²) in [6, 6.07) is 0. The van der Waals surface area contributed by atoms with E-state index in [1.54, 1.807) is 17.8 Å². The molecule has 1 rings (SSSR count). The Bertz CT molecular complexity index is 455. The van der Waals surface area contributed by atoms with E-state index in [0.717, 1.165) is 0 Å². The summed E-state index contributed by atoms with van der Waals surface area (Å²) in [5, 5.41) is 4.18. The van der Waals surface area contributed by atoms with E-state index >= 15 is 0 Å². The molecule has 0 aromatic carbocycles. The predicted molar refractivity (Wildman–Crippen MR) is 63.5 cm³/mol. The van der Waals surface area contributed by atoms with E-state index in [0.29, 0.717) is 10.9 Å². The van der Waals surface area contributed by atoms with E-state index in [2.05, 4.69) is 15.0 Å². The van der Waals surface area contributed by atoms with Crippen LogP contribution in [0.25, 0.3) is 0 Å². The summed E-state index contributed by atoms with van der Waals surface area (Å²) < 4.78 is 37.9. The summed E-state index contributed by atoms with van der Waals surface area (Å²) in [7, 11) is 3.16. The van der Waals surface area contributed by atoms with Gasteiger partial charge in [0.25, 0.3) is 0 Å². The fourth-order valence-electron chi connectivity index (χ4n) is 1.09. The molecule has 1 aromatic heterocycles.